The van der Waals surface area contributed by atoms with E-state index in [0.29, 0.717) is 18.8 Å². The van der Waals surface area contributed by atoms with Crippen molar-refractivity contribution in [2.75, 3.05) is 6.61 Å². The van der Waals surface area contributed by atoms with Crippen molar-refractivity contribution in [1.29, 1.82) is 0 Å². The van der Waals surface area contributed by atoms with Crippen LogP contribution >= 0.6 is 0 Å². The fourth-order valence-electron chi connectivity index (χ4n) is 2.94. The molecule has 0 heterocycles. The molecule has 2 nitrogen and oxygen atoms in total. The van der Waals surface area contributed by atoms with Crippen molar-refractivity contribution in [2.45, 2.75) is 71.3 Å². The molecule has 0 bridgehead atoms. The van der Waals surface area contributed by atoms with Crippen molar-refractivity contribution in [1.82, 2.24) is 0 Å². The molecule has 0 atom stereocenters. The van der Waals surface area contributed by atoms with E-state index in [4.69, 9.17) is 4.74 Å². The Labute approximate surface area is 99.8 Å². The Morgan fingerprint density at radius 2 is 1.88 bits per heavy atom. The van der Waals surface area contributed by atoms with E-state index in [1.54, 1.807) is 0 Å². The summed E-state index contributed by atoms with van der Waals surface area (Å²) in [5.41, 5.74) is -0.423. The van der Waals surface area contributed by atoms with Crippen LogP contribution in [0, 0.1) is 5.92 Å². The van der Waals surface area contributed by atoms with Gasteiger partial charge in [-0.3, -0.25) is 4.79 Å². The van der Waals surface area contributed by atoms with Crippen molar-refractivity contribution < 1.29 is 9.53 Å². The molecule has 0 aliphatic heterocycles. The van der Waals surface area contributed by atoms with Gasteiger partial charge in [-0.1, -0.05) is 26.7 Å². The number of carbonyl (C=O) groups is 1. The van der Waals surface area contributed by atoms with Gasteiger partial charge in [0.05, 0.1) is 0 Å². The van der Waals surface area contributed by atoms with E-state index in [1.165, 1.54) is 25.7 Å². The first kappa shape index (κ1) is 13.7. The molecule has 94 valence electrons. The predicted octanol–water partition coefficient (Wildman–Crippen LogP) is 3.73. The summed E-state index contributed by atoms with van der Waals surface area (Å²) in [6.07, 6.45) is 7.39. The molecule has 0 saturated heterocycles. The Hall–Kier alpha value is -0.370. The van der Waals surface area contributed by atoms with Crippen LogP contribution < -0.4 is 0 Å². The molecule has 0 aromatic carbocycles. The van der Waals surface area contributed by atoms with Crippen LogP contribution in [0.5, 0.6) is 0 Å². The second kappa shape index (κ2) is 6.39. The first-order chi connectivity index (χ1) is 7.68. The molecular weight excluding hydrogens is 200 g/mol. The topological polar surface area (TPSA) is 26.3 Å². The van der Waals surface area contributed by atoms with Crippen molar-refractivity contribution in [2.24, 2.45) is 5.92 Å². The van der Waals surface area contributed by atoms with Crippen molar-refractivity contribution in [3.05, 3.63) is 0 Å². The van der Waals surface area contributed by atoms with E-state index in [2.05, 4.69) is 6.92 Å². The summed E-state index contributed by atoms with van der Waals surface area (Å²) >= 11 is 0. The van der Waals surface area contributed by atoms with Gasteiger partial charge in [-0.2, -0.15) is 0 Å². The molecule has 0 amide bonds. The summed E-state index contributed by atoms with van der Waals surface area (Å²) < 4.78 is 5.80. The minimum Gasteiger partial charge on any atom is -0.368 e. The second-order valence-corrected chi connectivity index (χ2v) is 4.94. The lowest BCUT2D eigenvalue weighted by molar-refractivity contribution is -0.150. The molecule has 0 aromatic heterocycles. The van der Waals surface area contributed by atoms with Crippen LogP contribution in [0.15, 0.2) is 0 Å². The summed E-state index contributed by atoms with van der Waals surface area (Å²) in [6.45, 7) is 6.83. The Balaban J connectivity index is 2.58. The Morgan fingerprint density at radius 3 is 2.31 bits per heavy atom. The fraction of sp³-hybridized carbons (Fsp3) is 0.929. The Morgan fingerprint density at radius 1 is 1.25 bits per heavy atom. The van der Waals surface area contributed by atoms with Crippen LogP contribution in [-0.2, 0) is 9.53 Å². The van der Waals surface area contributed by atoms with Gasteiger partial charge in [-0.15, -0.1) is 0 Å². The maximum Gasteiger partial charge on any atom is 0.164 e. The molecule has 0 unspecified atom stereocenters. The number of hydrogen-bond acceptors (Lipinski definition) is 2. The molecule has 1 fully saturated rings. The summed E-state index contributed by atoms with van der Waals surface area (Å²) in [6, 6.07) is 0. The normalized spacial score (nSPS) is 30.3. The van der Waals surface area contributed by atoms with Crippen LogP contribution in [-0.4, -0.2) is 18.0 Å². The van der Waals surface area contributed by atoms with Gasteiger partial charge in [0.2, 0.25) is 0 Å². The monoisotopic (exact) mass is 226 g/mol. The molecule has 0 aromatic rings. The Kier molecular flexibility index (Phi) is 5.47. The van der Waals surface area contributed by atoms with Crippen LogP contribution in [0.25, 0.3) is 0 Å². The number of carbonyl (C=O) groups excluding carboxylic acids is 1. The summed E-state index contributed by atoms with van der Waals surface area (Å²) in [5.74, 6) is 1.13. The molecule has 1 aliphatic carbocycles. The number of ether oxygens (including phenoxy) is 1. The molecule has 1 rings (SSSR count). The maximum absolute atomic E-state index is 12.0. The number of rotatable bonds is 6. The van der Waals surface area contributed by atoms with E-state index < -0.39 is 5.60 Å². The van der Waals surface area contributed by atoms with E-state index >= 15 is 0 Å². The van der Waals surface area contributed by atoms with E-state index in [-0.39, 0.29) is 0 Å². The zero-order valence-corrected chi connectivity index (χ0v) is 11.1. The largest absolute Gasteiger partial charge is 0.368 e. The second-order valence-electron chi connectivity index (χ2n) is 4.94. The van der Waals surface area contributed by atoms with Gasteiger partial charge in [0.15, 0.2) is 5.78 Å². The summed E-state index contributed by atoms with van der Waals surface area (Å²) in [5, 5.41) is 0. The molecule has 16 heavy (non-hydrogen) atoms. The van der Waals surface area contributed by atoms with Crippen LogP contribution in [0.1, 0.15) is 65.7 Å². The summed E-state index contributed by atoms with van der Waals surface area (Å²) in [4.78, 5) is 12.0. The van der Waals surface area contributed by atoms with Gasteiger partial charge in [-0.25, -0.2) is 0 Å². The van der Waals surface area contributed by atoms with Gasteiger partial charge in [-0.05, 0) is 38.5 Å². The smallest absolute Gasteiger partial charge is 0.164 e. The highest BCUT2D eigenvalue weighted by molar-refractivity contribution is 5.87. The summed E-state index contributed by atoms with van der Waals surface area (Å²) in [7, 11) is 0. The standard InChI is InChI=1S/C14H26O2/c1-4-7-12-8-10-14(11-9-12,16-6-3)13(15)5-2/h12H,4-11H2,1-3H3. The minimum atomic E-state index is -0.423. The van der Waals surface area contributed by atoms with Crippen LogP contribution in [0.2, 0.25) is 0 Å². The van der Waals surface area contributed by atoms with Gasteiger partial charge >= 0.3 is 0 Å². The molecule has 1 saturated carbocycles. The van der Waals surface area contributed by atoms with Crippen molar-refractivity contribution in [3.8, 4) is 0 Å². The Bertz CT molecular complexity index is 215. The average Bonchev–Trinajstić information content (AvgIpc) is 2.31. The third kappa shape index (κ3) is 3.07. The number of Topliss-reactive ketones (excluding diaryl/α,β-unsaturated/α-hetero) is 1. The van der Waals surface area contributed by atoms with Crippen molar-refractivity contribution in [3.63, 3.8) is 0 Å². The number of hydrogen-bond donors (Lipinski definition) is 0. The lowest BCUT2D eigenvalue weighted by atomic mass is 9.74. The van der Waals surface area contributed by atoms with Crippen LogP contribution in [0.3, 0.4) is 0 Å². The zero-order chi connectivity index (χ0) is 12.0. The molecule has 0 spiro atoms. The highest BCUT2D eigenvalue weighted by Crippen LogP contribution is 2.38. The zero-order valence-electron chi connectivity index (χ0n) is 11.1. The first-order valence-corrected chi connectivity index (χ1v) is 6.85. The predicted molar refractivity (Wildman–Crippen MR) is 66.5 cm³/mol. The molecule has 0 N–H and O–H groups in total. The first-order valence-electron chi connectivity index (χ1n) is 6.85. The molecule has 2 heteroatoms. The van der Waals surface area contributed by atoms with Gasteiger partial charge in [0, 0.05) is 13.0 Å². The SMILES string of the molecule is CCCC1CCC(OCC)(C(=O)CC)CC1. The lowest BCUT2D eigenvalue weighted by Gasteiger charge is -2.38. The van der Waals surface area contributed by atoms with Crippen molar-refractivity contribution >= 4 is 5.78 Å². The third-order valence-electron chi connectivity index (χ3n) is 3.86. The van der Waals surface area contributed by atoms with Gasteiger partial charge in [0.25, 0.3) is 0 Å². The number of ketones is 1. The van der Waals surface area contributed by atoms with E-state index in [1.807, 2.05) is 13.8 Å². The maximum atomic E-state index is 12.0. The molecule has 1 aliphatic rings. The quantitative estimate of drug-likeness (QED) is 0.689. The van der Waals surface area contributed by atoms with Crippen LogP contribution in [0.4, 0.5) is 0 Å². The lowest BCUT2D eigenvalue weighted by Crippen LogP contribution is -2.44. The van der Waals surface area contributed by atoms with Gasteiger partial charge in [0.1, 0.15) is 5.60 Å². The minimum absolute atomic E-state index is 0.310. The molecular formula is C14H26O2. The highest BCUT2D eigenvalue weighted by Gasteiger charge is 2.40. The van der Waals surface area contributed by atoms with E-state index in [0.717, 1.165) is 18.8 Å². The van der Waals surface area contributed by atoms with E-state index in [9.17, 15) is 4.79 Å². The highest BCUT2D eigenvalue weighted by atomic mass is 16.5. The third-order valence-corrected chi connectivity index (χ3v) is 3.86. The molecule has 0 radical (unpaired) electrons. The average molecular weight is 226 g/mol. The van der Waals surface area contributed by atoms with Gasteiger partial charge < -0.3 is 4.74 Å². The fourth-order valence-corrected chi connectivity index (χ4v) is 2.94.